The third kappa shape index (κ3) is 4.97. The predicted octanol–water partition coefficient (Wildman–Crippen LogP) is -0.394. The van der Waals surface area contributed by atoms with Crippen molar-refractivity contribution >= 4 is 11.9 Å². The topological polar surface area (TPSA) is 70.2 Å². The molecule has 0 saturated heterocycles. The molecule has 5 nitrogen and oxygen atoms in total. The lowest BCUT2D eigenvalue weighted by molar-refractivity contribution is -0.121. The Labute approximate surface area is 77.6 Å². The van der Waals surface area contributed by atoms with Gasteiger partial charge in [-0.3, -0.25) is 10.1 Å². The van der Waals surface area contributed by atoms with Gasteiger partial charge in [-0.25, -0.2) is 4.79 Å². The molecule has 0 rings (SSSR count). The molecule has 13 heavy (non-hydrogen) atoms. The normalized spacial score (nSPS) is 11.5. The molecule has 0 aromatic carbocycles. The third-order valence-corrected chi connectivity index (χ3v) is 1.43. The Morgan fingerprint density at radius 3 is 2.62 bits per heavy atom. The molecule has 0 aromatic rings. The highest BCUT2D eigenvalue weighted by atomic mass is 16.2. The Kier molecular flexibility index (Phi) is 5.54. The van der Waals surface area contributed by atoms with Gasteiger partial charge in [0.15, 0.2) is 0 Å². The van der Waals surface area contributed by atoms with E-state index in [0.717, 1.165) is 0 Å². The van der Waals surface area contributed by atoms with Gasteiger partial charge < -0.3 is 10.6 Å². The van der Waals surface area contributed by atoms with Crippen molar-refractivity contribution in [2.24, 2.45) is 0 Å². The van der Waals surface area contributed by atoms with Gasteiger partial charge in [0, 0.05) is 13.6 Å². The van der Waals surface area contributed by atoms with Crippen LogP contribution in [0, 0.1) is 0 Å². The maximum atomic E-state index is 11.1. The van der Waals surface area contributed by atoms with Crippen molar-refractivity contribution < 1.29 is 9.59 Å². The smallest absolute Gasteiger partial charge is 0.321 e. The minimum atomic E-state index is -0.503. The van der Waals surface area contributed by atoms with Gasteiger partial charge in [0.05, 0.1) is 6.04 Å². The molecule has 5 heteroatoms. The van der Waals surface area contributed by atoms with Crippen LogP contribution in [0.15, 0.2) is 12.7 Å². The van der Waals surface area contributed by atoms with Crippen LogP contribution in [0.4, 0.5) is 4.79 Å². The third-order valence-electron chi connectivity index (χ3n) is 1.43. The monoisotopic (exact) mass is 185 g/mol. The maximum absolute atomic E-state index is 11.1. The van der Waals surface area contributed by atoms with Crippen LogP contribution in [0.25, 0.3) is 0 Å². The summed E-state index contributed by atoms with van der Waals surface area (Å²) in [6.07, 6.45) is 1.64. The number of imide groups is 1. The Morgan fingerprint density at radius 2 is 2.15 bits per heavy atom. The number of amides is 3. The zero-order chi connectivity index (χ0) is 10.3. The SMILES string of the molecule is C=CCNC(C)C(=O)NC(=O)NC. The molecule has 1 atom stereocenters. The van der Waals surface area contributed by atoms with Gasteiger partial charge in [0.2, 0.25) is 5.91 Å². The van der Waals surface area contributed by atoms with Gasteiger partial charge in [-0.2, -0.15) is 0 Å². The van der Waals surface area contributed by atoms with E-state index in [1.165, 1.54) is 7.05 Å². The molecule has 0 aliphatic heterocycles. The minimum Gasteiger partial charge on any atom is -0.341 e. The van der Waals surface area contributed by atoms with Gasteiger partial charge >= 0.3 is 6.03 Å². The van der Waals surface area contributed by atoms with Crippen molar-refractivity contribution in [2.75, 3.05) is 13.6 Å². The molecule has 3 N–H and O–H groups in total. The molecular weight excluding hydrogens is 170 g/mol. The lowest BCUT2D eigenvalue weighted by Gasteiger charge is -2.11. The van der Waals surface area contributed by atoms with E-state index in [2.05, 4.69) is 22.5 Å². The van der Waals surface area contributed by atoms with Crippen molar-refractivity contribution in [2.45, 2.75) is 13.0 Å². The number of carbonyl (C=O) groups is 2. The van der Waals surface area contributed by atoms with E-state index < -0.39 is 12.1 Å². The Bertz CT molecular complexity index is 204. The fourth-order valence-electron chi connectivity index (χ4n) is 0.635. The first kappa shape index (κ1) is 11.6. The summed E-state index contributed by atoms with van der Waals surface area (Å²) in [5.74, 6) is -0.360. The van der Waals surface area contributed by atoms with Crippen molar-refractivity contribution in [1.29, 1.82) is 0 Å². The molecule has 0 fully saturated rings. The summed E-state index contributed by atoms with van der Waals surface area (Å²) in [5.41, 5.74) is 0. The minimum absolute atomic E-state index is 0.360. The highest BCUT2D eigenvalue weighted by Gasteiger charge is 2.12. The van der Waals surface area contributed by atoms with Crippen molar-refractivity contribution in [3.05, 3.63) is 12.7 Å². The molecule has 74 valence electrons. The Balaban J connectivity index is 3.81. The average Bonchev–Trinajstić information content (AvgIpc) is 2.13. The molecule has 0 spiro atoms. The Hall–Kier alpha value is -1.36. The van der Waals surface area contributed by atoms with Crippen LogP contribution in [0.2, 0.25) is 0 Å². The number of urea groups is 1. The molecule has 0 aliphatic carbocycles. The molecule has 0 aliphatic rings. The Morgan fingerprint density at radius 1 is 1.54 bits per heavy atom. The van der Waals surface area contributed by atoms with Crippen molar-refractivity contribution in [3.63, 3.8) is 0 Å². The molecule has 3 amide bonds. The highest BCUT2D eigenvalue weighted by molar-refractivity contribution is 5.96. The van der Waals surface area contributed by atoms with Crippen LogP contribution in [-0.2, 0) is 4.79 Å². The molecule has 0 heterocycles. The number of hydrogen-bond acceptors (Lipinski definition) is 3. The second-order valence-electron chi connectivity index (χ2n) is 2.49. The highest BCUT2D eigenvalue weighted by Crippen LogP contribution is 1.81. The van der Waals surface area contributed by atoms with Gasteiger partial charge in [-0.05, 0) is 6.92 Å². The van der Waals surface area contributed by atoms with Crippen LogP contribution in [0.5, 0.6) is 0 Å². The summed E-state index contributed by atoms with van der Waals surface area (Å²) in [6, 6.07) is -0.910. The van der Waals surface area contributed by atoms with Crippen LogP contribution < -0.4 is 16.0 Å². The van der Waals surface area contributed by atoms with E-state index in [-0.39, 0.29) is 5.91 Å². The lowest BCUT2D eigenvalue weighted by Crippen LogP contribution is -2.47. The summed E-state index contributed by atoms with van der Waals surface area (Å²) in [5, 5.41) is 7.29. The van der Waals surface area contributed by atoms with E-state index in [0.29, 0.717) is 6.54 Å². The fourth-order valence-corrected chi connectivity index (χ4v) is 0.635. The van der Waals surface area contributed by atoms with E-state index in [4.69, 9.17) is 0 Å². The van der Waals surface area contributed by atoms with Gasteiger partial charge in [-0.1, -0.05) is 6.08 Å². The largest absolute Gasteiger partial charge is 0.341 e. The number of nitrogens with one attached hydrogen (secondary N) is 3. The number of carbonyl (C=O) groups excluding carboxylic acids is 2. The van der Waals surface area contributed by atoms with Crippen LogP contribution >= 0.6 is 0 Å². The maximum Gasteiger partial charge on any atom is 0.321 e. The number of rotatable bonds is 4. The molecular formula is C8H15N3O2. The van der Waals surface area contributed by atoms with Crippen LogP contribution in [0.3, 0.4) is 0 Å². The summed E-state index contributed by atoms with van der Waals surface area (Å²) in [4.78, 5) is 21.9. The van der Waals surface area contributed by atoms with Crippen LogP contribution in [0.1, 0.15) is 6.92 Å². The van der Waals surface area contributed by atoms with E-state index in [1.54, 1.807) is 13.0 Å². The van der Waals surface area contributed by atoms with Gasteiger partial charge in [0.25, 0.3) is 0 Å². The quantitative estimate of drug-likeness (QED) is 0.522. The van der Waals surface area contributed by atoms with Crippen molar-refractivity contribution in [3.8, 4) is 0 Å². The first-order valence-corrected chi connectivity index (χ1v) is 3.98. The first-order valence-electron chi connectivity index (χ1n) is 3.98. The van der Waals surface area contributed by atoms with Gasteiger partial charge in [0.1, 0.15) is 0 Å². The standard InChI is InChI=1S/C8H15N3O2/c1-4-5-10-6(2)7(12)11-8(13)9-3/h4,6,10H,1,5H2,2-3H3,(H2,9,11,12,13). The van der Waals surface area contributed by atoms with E-state index in [9.17, 15) is 9.59 Å². The second-order valence-corrected chi connectivity index (χ2v) is 2.49. The molecule has 0 radical (unpaired) electrons. The van der Waals surface area contributed by atoms with Crippen LogP contribution in [-0.4, -0.2) is 31.6 Å². The lowest BCUT2D eigenvalue weighted by atomic mass is 10.3. The van der Waals surface area contributed by atoms with E-state index >= 15 is 0 Å². The van der Waals surface area contributed by atoms with E-state index in [1.807, 2.05) is 0 Å². The molecule has 1 unspecified atom stereocenters. The first-order chi connectivity index (χ1) is 6.11. The molecule has 0 aromatic heterocycles. The summed E-state index contributed by atoms with van der Waals surface area (Å²) >= 11 is 0. The zero-order valence-corrected chi connectivity index (χ0v) is 7.89. The predicted molar refractivity (Wildman–Crippen MR) is 50.3 cm³/mol. The molecule has 0 saturated carbocycles. The summed E-state index contributed by atoms with van der Waals surface area (Å²) < 4.78 is 0. The van der Waals surface area contributed by atoms with Gasteiger partial charge in [-0.15, -0.1) is 6.58 Å². The van der Waals surface area contributed by atoms with Crippen molar-refractivity contribution in [1.82, 2.24) is 16.0 Å². The average molecular weight is 185 g/mol. The fraction of sp³-hybridized carbons (Fsp3) is 0.500. The second kappa shape index (κ2) is 6.19. The summed E-state index contributed by atoms with van der Waals surface area (Å²) in [7, 11) is 1.45. The number of hydrogen-bond donors (Lipinski definition) is 3. The zero-order valence-electron chi connectivity index (χ0n) is 7.89. The summed E-state index contributed by atoms with van der Waals surface area (Å²) in [6.45, 7) is 5.69. The molecule has 0 bridgehead atoms.